The molecule has 1 aliphatic rings. The van der Waals surface area contributed by atoms with Crippen molar-refractivity contribution >= 4 is 62.8 Å². The number of rotatable bonds is 5. The highest BCUT2D eigenvalue weighted by Crippen LogP contribution is 2.36. The quantitative estimate of drug-likeness (QED) is 0.297. The number of carbonyl (C=O) groups excluding carboxylic acids is 2. The number of nitrogens with zero attached hydrogens (tertiary/aromatic N) is 1. The van der Waals surface area contributed by atoms with Crippen LogP contribution in [0.4, 0.5) is 14.9 Å². The summed E-state index contributed by atoms with van der Waals surface area (Å²) in [6.07, 6.45) is 1.52. The third kappa shape index (κ3) is 4.80. The van der Waals surface area contributed by atoms with Gasteiger partial charge in [-0.05, 0) is 75.6 Å². The number of imide groups is 1. The van der Waals surface area contributed by atoms with Crippen LogP contribution >= 0.6 is 39.1 Å². The van der Waals surface area contributed by atoms with Crippen molar-refractivity contribution in [3.05, 3.63) is 97.8 Å². The minimum Gasteiger partial charge on any atom is -0.486 e. The van der Waals surface area contributed by atoms with Crippen LogP contribution in [-0.4, -0.2) is 11.9 Å². The Kier molecular flexibility index (Phi) is 6.50. The minimum absolute atomic E-state index is 0.0953. The first kappa shape index (κ1) is 22.3. The van der Waals surface area contributed by atoms with E-state index >= 15 is 0 Å². The number of halogens is 4. The molecule has 3 aromatic carbocycles. The van der Waals surface area contributed by atoms with Crippen molar-refractivity contribution in [2.45, 2.75) is 6.61 Å². The molecule has 9 heteroatoms. The second-order valence-electron chi connectivity index (χ2n) is 6.84. The number of benzene rings is 3. The van der Waals surface area contributed by atoms with Gasteiger partial charge < -0.3 is 10.1 Å². The molecule has 0 saturated carbocycles. The molecule has 0 bridgehead atoms. The van der Waals surface area contributed by atoms with E-state index in [1.54, 1.807) is 42.5 Å². The van der Waals surface area contributed by atoms with E-state index in [9.17, 15) is 14.0 Å². The van der Waals surface area contributed by atoms with E-state index in [2.05, 4.69) is 21.2 Å². The summed E-state index contributed by atoms with van der Waals surface area (Å²) in [6, 6.07) is 15.1. The van der Waals surface area contributed by atoms with Crippen LogP contribution in [0.25, 0.3) is 6.08 Å². The average Bonchev–Trinajstić information content (AvgIpc) is 3.01. The number of carbonyl (C=O) groups is 2. The topological polar surface area (TPSA) is 58.6 Å². The van der Waals surface area contributed by atoms with Gasteiger partial charge in [-0.15, -0.1) is 0 Å². The number of hydrogen-bond donors (Lipinski definition) is 1. The lowest BCUT2D eigenvalue weighted by Gasteiger charge is -2.12. The van der Waals surface area contributed by atoms with Gasteiger partial charge in [0.15, 0.2) is 5.75 Å². The standard InChI is InChI=1S/C23H14BrCl2FN2O3/c24-18-8-14(9-19(26)21(18)32-12-13-4-6-16(27)7-5-13)10-20-22(30)29(23(31)28-20)17-3-1-2-15(25)11-17/h1-11H,12H2,(H,28,31)/b20-10+. The van der Waals surface area contributed by atoms with Crippen LogP contribution in [0.2, 0.25) is 10.0 Å². The van der Waals surface area contributed by atoms with Gasteiger partial charge in [0.05, 0.1) is 15.2 Å². The summed E-state index contributed by atoms with van der Waals surface area (Å²) in [6.45, 7) is 0.197. The lowest BCUT2D eigenvalue weighted by atomic mass is 10.1. The fraction of sp³-hybridized carbons (Fsp3) is 0.0435. The van der Waals surface area contributed by atoms with Crippen LogP contribution in [0.5, 0.6) is 5.75 Å². The Balaban J connectivity index is 1.54. The molecule has 162 valence electrons. The second-order valence-corrected chi connectivity index (χ2v) is 8.54. The second kappa shape index (κ2) is 9.32. The molecular formula is C23H14BrCl2FN2O3. The van der Waals surface area contributed by atoms with E-state index in [0.717, 1.165) is 10.5 Å². The monoisotopic (exact) mass is 534 g/mol. The summed E-state index contributed by atoms with van der Waals surface area (Å²) in [5.41, 5.74) is 1.82. The molecule has 3 amide bonds. The summed E-state index contributed by atoms with van der Waals surface area (Å²) >= 11 is 15.8. The van der Waals surface area contributed by atoms with Gasteiger partial charge in [0.1, 0.15) is 18.1 Å². The highest BCUT2D eigenvalue weighted by Gasteiger charge is 2.35. The van der Waals surface area contributed by atoms with Crippen molar-refractivity contribution in [2.24, 2.45) is 0 Å². The normalized spacial score (nSPS) is 14.8. The molecule has 32 heavy (non-hydrogen) atoms. The van der Waals surface area contributed by atoms with E-state index in [1.165, 1.54) is 24.3 Å². The summed E-state index contributed by atoms with van der Waals surface area (Å²) < 4.78 is 19.4. The smallest absolute Gasteiger partial charge is 0.333 e. The van der Waals surface area contributed by atoms with E-state index < -0.39 is 11.9 Å². The van der Waals surface area contributed by atoms with Crippen molar-refractivity contribution in [3.63, 3.8) is 0 Å². The molecule has 1 fully saturated rings. The molecular weight excluding hydrogens is 522 g/mol. The van der Waals surface area contributed by atoms with Crippen molar-refractivity contribution in [3.8, 4) is 5.75 Å². The van der Waals surface area contributed by atoms with Crippen molar-refractivity contribution < 1.29 is 18.7 Å². The van der Waals surface area contributed by atoms with Gasteiger partial charge in [0, 0.05) is 5.02 Å². The molecule has 5 nitrogen and oxygen atoms in total. The predicted octanol–water partition coefficient (Wildman–Crippen LogP) is 6.57. The number of amides is 3. The molecule has 4 rings (SSSR count). The van der Waals surface area contributed by atoms with E-state index in [0.29, 0.717) is 31.5 Å². The van der Waals surface area contributed by atoms with Crippen LogP contribution in [0.15, 0.2) is 70.8 Å². The fourth-order valence-corrected chi connectivity index (χ4v) is 4.26. The first-order valence-electron chi connectivity index (χ1n) is 9.31. The van der Waals surface area contributed by atoms with E-state index in [4.69, 9.17) is 27.9 Å². The molecule has 1 N–H and O–H groups in total. The maximum absolute atomic E-state index is 13.0. The predicted molar refractivity (Wildman–Crippen MR) is 125 cm³/mol. The van der Waals surface area contributed by atoms with Crippen LogP contribution in [0.1, 0.15) is 11.1 Å². The Morgan fingerprint density at radius 1 is 1.06 bits per heavy atom. The Labute approximate surface area is 201 Å². The zero-order valence-corrected chi connectivity index (χ0v) is 19.3. The number of nitrogens with one attached hydrogen (secondary N) is 1. The van der Waals surface area contributed by atoms with Crippen LogP contribution in [-0.2, 0) is 11.4 Å². The zero-order valence-electron chi connectivity index (χ0n) is 16.2. The van der Waals surface area contributed by atoms with Gasteiger partial charge in [-0.3, -0.25) is 4.79 Å². The van der Waals surface area contributed by atoms with Crippen molar-refractivity contribution in [2.75, 3.05) is 4.90 Å². The Morgan fingerprint density at radius 2 is 1.81 bits per heavy atom. The Hall–Kier alpha value is -2.87. The molecule has 0 spiro atoms. The lowest BCUT2D eigenvalue weighted by Crippen LogP contribution is -2.30. The maximum atomic E-state index is 13.0. The van der Waals surface area contributed by atoms with Crippen molar-refractivity contribution in [1.82, 2.24) is 5.32 Å². The van der Waals surface area contributed by atoms with Gasteiger partial charge in [-0.1, -0.05) is 41.4 Å². The van der Waals surface area contributed by atoms with E-state index in [1.807, 2.05) is 0 Å². The molecule has 0 aliphatic carbocycles. The molecule has 3 aromatic rings. The van der Waals surface area contributed by atoms with Gasteiger partial charge in [0.25, 0.3) is 5.91 Å². The van der Waals surface area contributed by atoms with Crippen LogP contribution in [0, 0.1) is 5.82 Å². The van der Waals surface area contributed by atoms with Gasteiger partial charge in [-0.2, -0.15) is 0 Å². The Bertz CT molecular complexity index is 1230. The summed E-state index contributed by atoms with van der Waals surface area (Å²) in [7, 11) is 0. The minimum atomic E-state index is -0.576. The van der Waals surface area contributed by atoms with Crippen molar-refractivity contribution in [1.29, 1.82) is 0 Å². The third-order valence-electron chi connectivity index (χ3n) is 4.57. The SMILES string of the molecule is O=C1N/C(=C/c2cc(Cl)c(OCc3ccc(F)cc3)c(Br)c2)C(=O)N1c1cccc(Cl)c1. The summed E-state index contributed by atoms with van der Waals surface area (Å²) in [4.78, 5) is 26.2. The van der Waals surface area contributed by atoms with Crippen LogP contribution in [0.3, 0.4) is 0 Å². The number of anilines is 1. The molecule has 0 aromatic heterocycles. The zero-order chi connectivity index (χ0) is 22.8. The van der Waals surface area contributed by atoms with Gasteiger partial charge in [-0.25, -0.2) is 14.1 Å². The van der Waals surface area contributed by atoms with E-state index in [-0.39, 0.29) is 18.1 Å². The first-order valence-corrected chi connectivity index (χ1v) is 10.9. The number of urea groups is 1. The van der Waals surface area contributed by atoms with Gasteiger partial charge in [0.2, 0.25) is 0 Å². The third-order valence-corrected chi connectivity index (χ3v) is 5.68. The fourth-order valence-electron chi connectivity index (χ4n) is 3.09. The summed E-state index contributed by atoms with van der Waals surface area (Å²) in [5, 5.41) is 3.27. The van der Waals surface area contributed by atoms with Crippen LogP contribution < -0.4 is 15.0 Å². The molecule has 0 atom stereocenters. The Morgan fingerprint density at radius 3 is 2.50 bits per heavy atom. The largest absolute Gasteiger partial charge is 0.486 e. The molecule has 0 radical (unpaired) electrons. The number of hydrogen-bond acceptors (Lipinski definition) is 3. The lowest BCUT2D eigenvalue weighted by molar-refractivity contribution is -0.113. The molecule has 1 saturated heterocycles. The highest BCUT2D eigenvalue weighted by molar-refractivity contribution is 9.10. The van der Waals surface area contributed by atoms with Gasteiger partial charge >= 0.3 is 6.03 Å². The molecule has 0 unspecified atom stereocenters. The first-order chi connectivity index (χ1) is 15.3. The maximum Gasteiger partial charge on any atom is 0.333 e. The average molecular weight is 536 g/mol. The molecule has 1 heterocycles. The summed E-state index contributed by atoms with van der Waals surface area (Å²) in [5.74, 6) is -0.436. The molecule has 1 aliphatic heterocycles. The number of ether oxygens (including phenoxy) is 1. The highest BCUT2D eigenvalue weighted by atomic mass is 79.9.